The summed E-state index contributed by atoms with van der Waals surface area (Å²) in [6, 6.07) is 2.00. The van der Waals surface area contributed by atoms with Crippen LogP contribution in [0.15, 0.2) is 28.9 Å². The molecule has 3 atom stereocenters. The van der Waals surface area contributed by atoms with Gasteiger partial charge in [-0.2, -0.15) is 0 Å². The van der Waals surface area contributed by atoms with Gasteiger partial charge in [0.05, 0.1) is 6.20 Å². The first kappa shape index (κ1) is 6.46. The van der Waals surface area contributed by atoms with E-state index in [1.165, 1.54) is 12.8 Å². The quantitative estimate of drug-likeness (QED) is 0.591. The smallest absolute Gasteiger partial charge is 0.140 e. The summed E-state index contributed by atoms with van der Waals surface area (Å²) in [5.74, 6) is 3.22. The number of rotatable bonds is 1. The number of nitrogens with zero attached hydrogens (tertiary/aromatic N) is 1. The molecule has 1 saturated carbocycles. The number of allylic oxidation sites excluding steroid dienone is 2. The maximum absolute atomic E-state index is 5.19. The molecule has 62 valence electrons. The van der Waals surface area contributed by atoms with E-state index in [9.17, 15) is 0 Å². The fourth-order valence-electron chi connectivity index (χ4n) is 2.52. The lowest BCUT2D eigenvalue weighted by Gasteiger charge is -2.13. The molecule has 2 aliphatic rings. The minimum atomic E-state index is 0.613. The fraction of sp³-hybridized carbons (Fsp3) is 0.500. The van der Waals surface area contributed by atoms with Crippen LogP contribution in [0.3, 0.4) is 0 Å². The van der Waals surface area contributed by atoms with Gasteiger partial charge in [-0.15, -0.1) is 0 Å². The third-order valence-electron chi connectivity index (χ3n) is 3.10. The molecule has 0 unspecified atom stereocenters. The molecule has 12 heavy (non-hydrogen) atoms. The van der Waals surface area contributed by atoms with E-state index in [1.807, 2.05) is 6.07 Å². The van der Waals surface area contributed by atoms with Gasteiger partial charge in [0.15, 0.2) is 0 Å². The van der Waals surface area contributed by atoms with Gasteiger partial charge in [0.25, 0.3) is 0 Å². The zero-order valence-corrected chi connectivity index (χ0v) is 6.81. The summed E-state index contributed by atoms with van der Waals surface area (Å²) in [4.78, 5) is 0. The van der Waals surface area contributed by atoms with Crippen molar-refractivity contribution in [1.82, 2.24) is 5.16 Å². The van der Waals surface area contributed by atoms with Crippen molar-refractivity contribution in [2.75, 3.05) is 0 Å². The molecule has 2 bridgehead atoms. The fourth-order valence-corrected chi connectivity index (χ4v) is 2.52. The second kappa shape index (κ2) is 2.22. The lowest BCUT2D eigenvalue weighted by atomic mass is 9.91. The van der Waals surface area contributed by atoms with Gasteiger partial charge in [0.1, 0.15) is 5.76 Å². The normalized spacial score (nSPS) is 37.8. The minimum absolute atomic E-state index is 0.613. The van der Waals surface area contributed by atoms with Gasteiger partial charge < -0.3 is 4.52 Å². The Morgan fingerprint density at radius 2 is 2.33 bits per heavy atom. The van der Waals surface area contributed by atoms with Crippen LogP contribution in [0.4, 0.5) is 0 Å². The summed E-state index contributed by atoms with van der Waals surface area (Å²) in [6.07, 6.45) is 9.01. The Balaban J connectivity index is 1.92. The van der Waals surface area contributed by atoms with Crippen LogP contribution < -0.4 is 0 Å². The van der Waals surface area contributed by atoms with Crippen LogP contribution in [-0.4, -0.2) is 5.16 Å². The zero-order valence-electron chi connectivity index (χ0n) is 6.81. The molecule has 0 radical (unpaired) electrons. The maximum atomic E-state index is 5.19. The largest absolute Gasteiger partial charge is 0.361 e. The molecule has 1 fully saturated rings. The number of hydrogen-bond donors (Lipinski definition) is 0. The molecule has 0 N–H and O–H groups in total. The molecule has 2 heteroatoms. The highest BCUT2D eigenvalue weighted by Gasteiger charge is 2.38. The Bertz CT molecular complexity index is 302. The predicted molar refractivity (Wildman–Crippen MR) is 44.6 cm³/mol. The van der Waals surface area contributed by atoms with Crippen LogP contribution >= 0.6 is 0 Å². The molecular formula is C10H11NO. The van der Waals surface area contributed by atoms with Gasteiger partial charge in [0.2, 0.25) is 0 Å². The van der Waals surface area contributed by atoms with E-state index in [0.717, 1.165) is 17.6 Å². The third-order valence-corrected chi connectivity index (χ3v) is 3.10. The Morgan fingerprint density at radius 1 is 1.33 bits per heavy atom. The average molecular weight is 161 g/mol. The molecule has 0 saturated heterocycles. The van der Waals surface area contributed by atoms with E-state index >= 15 is 0 Å². The van der Waals surface area contributed by atoms with Crippen LogP contribution in [0.1, 0.15) is 24.5 Å². The van der Waals surface area contributed by atoms with E-state index < -0.39 is 0 Å². The van der Waals surface area contributed by atoms with Crippen molar-refractivity contribution >= 4 is 0 Å². The minimum Gasteiger partial charge on any atom is -0.361 e. The number of hydrogen-bond acceptors (Lipinski definition) is 2. The highest BCUT2D eigenvalue weighted by atomic mass is 16.5. The van der Waals surface area contributed by atoms with Crippen LogP contribution in [0.2, 0.25) is 0 Å². The Hall–Kier alpha value is -1.05. The van der Waals surface area contributed by atoms with Crippen molar-refractivity contribution < 1.29 is 4.52 Å². The van der Waals surface area contributed by atoms with Crippen molar-refractivity contribution in [1.29, 1.82) is 0 Å². The maximum Gasteiger partial charge on any atom is 0.140 e. The highest BCUT2D eigenvalue weighted by molar-refractivity contribution is 5.19. The Labute approximate surface area is 71.3 Å². The topological polar surface area (TPSA) is 26.0 Å². The van der Waals surface area contributed by atoms with Gasteiger partial charge in [-0.3, -0.25) is 0 Å². The van der Waals surface area contributed by atoms with Gasteiger partial charge >= 0.3 is 0 Å². The summed E-state index contributed by atoms with van der Waals surface area (Å²) < 4.78 is 5.19. The molecule has 2 aliphatic carbocycles. The monoisotopic (exact) mass is 161 g/mol. The molecule has 0 amide bonds. The standard InChI is InChI=1S/C10H11NO/c1-2-8-5-7(1)6-9(8)10-3-4-11-12-10/h1-4,7-9H,5-6H2/t7-,8+,9+/m0/s1. The van der Waals surface area contributed by atoms with Crippen LogP contribution in [0.25, 0.3) is 0 Å². The van der Waals surface area contributed by atoms with Crippen molar-refractivity contribution in [3.8, 4) is 0 Å². The highest BCUT2D eigenvalue weighted by Crippen LogP contribution is 2.48. The van der Waals surface area contributed by atoms with E-state index in [2.05, 4.69) is 17.3 Å². The molecule has 0 aromatic carbocycles. The molecule has 2 nitrogen and oxygen atoms in total. The Morgan fingerprint density at radius 3 is 2.92 bits per heavy atom. The first-order chi connectivity index (χ1) is 5.93. The SMILES string of the molecule is C1=C[C@@H]2C[C@H]1C[C@H]2c1ccno1. The predicted octanol–water partition coefficient (Wildman–Crippen LogP) is 2.35. The molecule has 1 aromatic heterocycles. The molecule has 3 rings (SSSR count). The van der Waals surface area contributed by atoms with Crippen LogP contribution in [0, 0.1) is 11.8 Å². The average Bonchev–Trinajstić information content (AvgIpc) is 2.81. The van der Waals surface area contributed by atoms with E-state index in [-0.39, 0.29) is 0 Å². The van der Waals surface area contributed by atoms with Crippen LogP contribution in [0.5, 0.6) is 0 Å². The summed E-state index contributed by atoms with van der Waals surface area (Å²) in [5, 5.41) is 3.75. The van der Waals surface area contributed by atoms with Crippen molar-refractivity contribution in [2.45, 2.75) is 18.8 Å². The number of fused-ring (bicyclic) bond motifs is 2. The molecule has 0 aliphatic heterocycles. The van der Waals surface area contributed by atoms with Crippen molar-refractivity contribution in [2.24, 2.45) is 11.8 Å². The van der Waals surface area contributed by atoms with E-state index in [0.29, 0.717) is 5.92 Å². The van der Waals surface area contributed by atoms with Gasteiger partial charge in [-0.25, -0.2) is 0 Å². The second-order valence-electron chi connectivity index (χ2n) is 3.80. The Kier molecular flexibility index (Phi) is 1.20. The molecule has 0 spiro atoms. The van der Waals surface area contributed by atoms with E-state index in [1.54, 1.807) is 6.20 Å². The first-order valence-electron chi connectivity index (χ1n) is 4.52. The lowest BCUT2D eigenvalue weighted by molar-refractivity contribution is 0.344. The summed E-state index contributed by atoms with van der Waals surface area (Å²) >= 11 is 0. The van der Waals surface area contributed by atoms with Gasteiger partial charge in [0, 0.05) is 12.0 Å². The van der Waals surface area contributed by atoms with Gasteiger partial charge in [-0.05, 0) is 24.7 Å². The lowest BCUT2D eigenvalue weighted by Crippen LogP contribution is -2.03. The number of aromatic nitrogens is 1. The van der Waals surface area contributed by atoms with Gasteiger partial charge in [-0.1, -0.05) is 17.3 Å². The summed E-state index contributed by atoms with van der Waals surface area (Å²) in [6.45, 7) is 0. The molecule has 1 heterocycles. The molecular weight excluding hydrogens is 150 g/mol. The van der Waals surface area contributed by atoms with Crippen LogP contribution in [-0.2, 0) is 0 Å². The first-order valence-corrected chi connectivity index (χ1v) is 4.52. The van der Waals surface area contributed by atoms with Crippen molar-refractivity contribution in [3.63, 3.8) is 0 Å². The summed E-state index contributed by atoms with van der Waals surface area (Å²) in [7, 11) is 0. The summed E-state index contributed by atoms with van der Waals surface area (Å²) in [5.41, 5.74) is 0. The zero-order chi connectivity index (χ0) is 7.97. The third kappa shape index (κ3) is 0.779. The second-order valence-corrected chi connectivity index (χ2v) is 3.80. The molecule has 1 aromatic rings. The van der Waals surface area contributed by atoms with Crippen molar-refractivity contribution in [3.05, 3.63) is 30.2 Å². The van der Waals surface area contributed by atoms with E-state index in [4.69, 9.17) is 4.52 Å².